The average Bonchev–Trinajstić information content (AvgIpc) is 2.39. The molecule has 0 aliphatic carbocycles. The zero-order valence-electron chi connectivity index (χ0n) is 12.1. The maximum Gasteiger partial charge on any atom is 0.122 e. The largest absolute Gasteiger partial charge is 0.497 e. The van der Waals surface area contributed by atoms with Gasteiger partial charge in [0.05, 0.1) is 13.7 Å². The second kappa shape index (κ2) is 8.77. The van der Waals surface area contributed by atoms with Crippen molar-refractivity contribution in [2.24, 2.45) is 5.73 Å². The molecular weight excluding hydrogens is 242 g/mol. The average molecular weight is 267 g/mol. The van der Waals surface area contributed by atoms with Crippen LogP contribution < -0.4 is 15.2 Å². The first kappa shape index (κ1) is 15.8. The predicted molar refractivity (Wildman–Crippen MR) is 77.0 cm³/mol. The van der Waals surface area contributed by atoms with E-state index < -0.39 is 0 Å². The molecule has 1 rings (SSSR count). The van der Waals surface area contributed by atoms with Crippen molar-refractivity contribution in [3.63, 3.8) is 0 Å². The Labute approximate surface area is 115 Å². The molecule has 108 valence electrons. The van der Waals surface area contributed by atoms with Gasteiger partial charge in [-0.1, -0.05) is 6.92 Å². The molecule has 1 aromatic carbocycles. The lowest BCUT2D eigenvalue weighted by atomic mass is 10.1. The molecule has 0 heterocycles. The smallest absolute Gasteiger partial charge is 0.122 e. The summed E-state index contributed by atoms with van der Waals surface area (Å²) in [5.41, 5.74) is 6.93. The first-order valence-corrected chi connectivity index (χ1v) is 6.80. The molecule has 0 aliphatic heterocycles. The number of rotatable bonds is 9. The molecule has 0 fully saturated rings. The number of ether oxygens (including phenoxy) is 3. The Balaban J connectivity index is 2.59. The first-order valence-electron chi connectivity index (χ1n) is 6.80. The summed E-state index contributed by atoms with van der Waals surface area (Å²) in [6, 6.07) is 5.89. The van der Waals surface area contributed by atoms with Crippen LogP contribution in [-0.2, 0) is 11.2 Å². The summed E-state index contributed by atoms with van der Waals surface area (Å²) in [5.74, 6) is 1.68. The molecule has 0 spiro atoms. The zero-order valence-corrected chi connectivity index (χ0v) is 12.1. The van der Waals surface area contributed by atoms with Gasteiger partial charge in [-0.3, -0.25) is 0 Å². The third-order valence-corrected chi connectivity index (χ3v) is 2.64. The molecule has 2 N–H and O–H groups in total. The minimum Gasteiger partial charge on any atom is -0.497 e. The summed E-state index contributed by atoms with van der Waals surface area (Å²) in [4.78, 5) is 0. The Morgan fingerprint density at radius 2 is 2.00 bits per heavy atom. The lowest BCUT2D eigenvalue weighted by Crippen LogP contribution is -2.18. The quantitative estimate of drug-likeness (QED) is 0.698. The summed E-state index contributed by atoms with van der Waals surface area (Å²) in [6.07, 6.45) is 1.79. The van der Waals surface area contributed by atoms with E-state index in [1.54, 1.807) is 7.11 Å². The number of benzene rings is 1. The monoisotopic (exact) mass is 267 g/mol. The molecule has 0 bridgehead atoms. The van der Waals surface area contributed by atoms with Gasteiger partial charge in [-0.25, -0.2) is 0 Å². The molecule has 0 saturated heterocycles. The normalized spacial score (nSPS) is 12.2. The van der Waals surface area contributed by atoms with Crippen molar-refractivity contribution >= 4 is 0 Å². The fraction of sp³-hybridized carbons (Fsp3) is 0.600. The molecule has 0 amide bonds. The number of hydrogen-bond acceptors (Lipinski definition) is 4. The molecule has 0 saturated carbocycles. The van der Waals surface area contributed by atoms with E-state index in [-0.39, 0.29) is 6.04 Å². The maximum absolute atomic E-state index is 5.86. The van der Waals surface area contributed by atoms with Crippen LogP contribution in [0.25, 0.3) is 0 Å². The van der Waals surface area contributed by atoms with Gasteiger partial charge < -0.3 is 19.9 Å². The van der Waals surface area contributed by atoms with Gasteiger partial charge in [0, 0.05) is 12.6 Å². The molecule has 4 nitrogen and oxygen atoms in total. The Morgan fingerprint density at radius 1 is 1.21 bits per heavy atom. The summed E-state index contributed by atoms with van der Waals surface area (Å²) in [7, 11) is 1.66. The van der Waals surface area contributed by atoms with Gasteiger partial charge in [-0.2, -0.15) is 0 Å². The molecular formula is C15H25NO3. The van der Waals surface area contributed by atoms with Crippen molar-refractivity contribution < 1.29 is 14.2 Å². The second-order valence-electron chi connectivity index (χ2n) is 4.62. The highest BCUT2D eigenvalue weighted by Crippen LogP contribution is 2.25. The van der Waals surface area contributed by atoms with Crippen LogP contribution in [0.1, 0.15) is 25.8 Å². The SMILES string of the molecule is CCCOCCOc1ccc(OC)cc1CC(C)N. The van der Waals surface area contributed by atoms with Gasteiger partial charge in [0.2, 0.25) is 0 Å². The van der Waals surface area contributed by atoms with Gasteiger partial charge in [-0.05, 0) is 43.5 Å². The van der Waals surface area contributed by atoms with Crippen LogP contribution in [0.3, 0.4) is 0 Å². The van der Waals surface area contributed by atoms with Gasteiger partial charge >= 0.3 is 0 Å². The fourth-order valence-corrected chi connectivity index (χ4v) is 1.79. The van der Waals surface area contributed by atoms with E-state index in [1.807, 2.05) is 25.1 Å². The minimum absolute atomic E-state index is 0.0887. The highest BCUT2D eigenvalue weighted by molar-refractivity contribution is 5.40. The van der Waals surface area contributed by atoms with Gasteiger partial charge in [0.15, 0.2) is 0 Å². The molecule has 0 aliphatic rings. The van der Waals surface area contributed by atoms with Crippen LogP contribution in [0.15, 0.2) is 18.2 Å². The summed E-state index contributed by atoms with van der Waals surface area (Å²) < 4.78 is 16.4. The van der Waals surface area contributed by atoms with Crippen LogP contribution in [0, 0.1) is 0 Å². The Kier molecular flexibility index (Phi) is 7.30. The third kappa shape index (κ3) is 5.94. The molecule has 0 radical (unpaired) electrons. The van der Waals surface area contributed by atoms with E-state index >= 15 is 0 Å². The van der Waals surface area contributed by atoms with E-state index in [0.29, 0.717) is 13.2 Å². The topological polar surface area (TPSA) is 53.7 Å². The van der Waals surface area contributed by atoms with E-state index in [4.69, 9.17) is 19.9 Å². The van der Waals surface area contributed by atoms with Crippen LogP contribution in [0.4, 0.5) is 0 Å². The molecule has 1 atom stereocenters. The Morgan fingerprint density at radius 3 is 2.63 bits per heavy atom. The van der Waals surface area contributed by atoms with Crippen molar-refractivity contribution in [1.82, 2.24) is 0 Å². The predicted octanol–water partition coefficient (Wildman–Crippen LogP) is 2.39. The van der Waals surface area contributed by atoms with Crippen LogP contribution in [-0.4, -0.2) is 33.0 Å². The van der Waals surface area contributed by atoms with Crippen LogP contribution in [0.2, 0.25) is 0 Å². The second-order valence-corrected chi connectivity index (χ2v) is 4.62. The number of methoxy groups -OCH3 is 1. The van der Waals surface area contributed by atoms with Crippen molar-refractivity contribution in [2.45, 2.75) is 32.7 Å². The lowest BCUT2D eigenvalue weighted by molar-refractivity contribution is 0.100. The maximum atomic E-state index is 5.86. The van der Waals surface area contributed by atoms with Crippen molar-refractivity contribution in [3.05, 3.63) is 23.8 Å². The molecule has 4 heteroatoms. The minimum atomic E-state index is 0.0887. The number of nitrogens with two attached hydrogens (primary N) is 1. The van der Waals surface area contributed by atoms with E-state index in [1.165, 1.54) is 0 Å². The van der Waals surface area contributed by atoms with E-state index in [9.17, 15) is 0 Å². The van der Waals surface area contributed by atoms with E-state index in [0.717, 1.165) is 36.5 Å². The van der Waals surface area contributed by atoms with Crippen molar-refractivity contribution in [3.8, 4) is 11.5 Å². The first-order chi connectivity index (χ1) is 9.17. The van der Waals surface area contributed by atoms with Crippen LogP contribution in [0.5, 0.6) is 11.5 Å². The molecule has 19 heavy (non-hydrogen) atoms. The molecule has 0 aromatic heterocycles. The highest BCUT2D eigenvalue weighted by atomic mass is 16.5. The van der Waals surface area contributed by atoms with Gasteiger partial charge in [0.25, 0.3) is 0 Å². The Hall–Kier alpha value is -1.26. The molecule has 1 aromatic rings. The summed E-state index contributed by atoms with van der Waals surface area (Å²) >= 11 is 0. The lowest BCUT2D eigenvalue weighted by Gasteiger charge is -2.14. The molecule has 1 unspecified atom stereocenters. The zero-order chi connectivity index (χ0) is 14.1. The highest BCUT2D eigenvalue weighted by Gasteiger charge is 2.08. The third-order valence-electron chi connectivity index (χ3n) is 2.64. The van der Waals surface area contributed by atoms with E-state index in [2.05, 4.69) is 6.92 Å². The van der Waals surface area contributed by atoms with Crippen molar-refractivity contribution in [2.75, 3.05) is 26.9 Å². The Bertz CT molecular complexity index is 366. The summed E-state index contributed by atoms with van der Waals surface area (Å²) in [6.45, 7) is 6.01. The standard InChI is InChI=1S/C15H25NO3/c1-4-7-18-8-9-19-15-6-5-14(17-3)11-13(15)10-12(2)16/h5-6,11-12H,4,7-10,16H2,1-3H3. The van der Waals surface area contributed by atoms with Crippen molar-refractivity contribution in [1.29, 1.82) is 0 Å². The summed E-state index contributed by atoms with van der Waals surface area (Å²) in [5, 5.41) is 0. The fourth-order valence-electron chi connectivity index (χ4n) is 1.79. The van der Waals surface area contributed by atoms with Gasteiger partial charge in [0.1, 0.15) is 18.1 Å². The van der Waals surface area contributed by atoms with Gasteiger partial charge in [-0.15, -0.1) is 0 Å². The van der Waals surface area contributed by atoms with Crippen LogP contribution >= 0.6 is 0 Å². The number of hydrogen-bond donors (Lipinski definition) is 1.